The molecule has 0 spiro atoms. The molecular formula is C17H27N3. The Kier molecular flexibility index (Phi) is 3.99. The van der Waals surface area contributed by atoms with Crippen LogP contribution in [-0.2, 0) is 0 Å². The molecule has 3 heteroatoms. The summed E-state index contributed by atoms with van der Waals surface area (Å²) in [6.45, 7) is 8.42. The first-order valence-electron chi connectivity index (χ1n) is 8.00. The smallest absolute Gasteiger partial charge is 0.0324 e. The molecule has 1 aromatic carbocycles. The van der Waals surface area contributed by atoms with Gasteiger partial charge in [-0.2, -0.15) is 0 Å². The summed E-state index contributed by atoms with van der Waals surface area (Å²) in [5.41, 5.74) is 8.16. The summed E-state index contributed by atoms with van der Waals surface area (Å²) in [7, 11) is 0. The largest absolute Gasteiger partial charge is 0.399 e. The number of benzene rings is 1. The van der Waals surface area contributed by atoms with Crippen LogP contribution in [0.25, 0.3) is 0 Å². The number of piperazine rings is 1. The van der Waals surface area contributed by atoms with Crippen molar-refractivity contribution in [3.8, 4) is 0 Å². The van der Waals surface area contributed by atoms with Gasteiger partial charge in [0.2, 0.25) is 0 Å². The minimum Gasteiger partial charge on any atom is -0.399 e. The molecule has 20 heavy (non-hydrogen) atoms. The maximum Gasteiger partial charge on any atom is 0.0324 e. The van der Waals surface area contributed by atoms with Gasteiger partial charge >= 0.3 is 0 Å². The first kappa shape index (κ1) is 13.9. The number of anilines is 1. The Balaban J connectivity index is 1.75. The highest BCUT2D eigenvalue weighted by molar-refractivity contribution is 5.41. The molecule has 2 heterocycles. The monoisotopic (exact) mass is 273 g/mol. The van der Waals surface area contributed by atoms with Crippen LogP contribution in [-0.4, -0.2) is 41.5 Å². The second-order valence-electron chi connectivity index (χ2n) is 6.54. The average molecular weight is 273 g/mol. The minimum atomic E-state index is 0.456. The van der Waals surface area contributed by atoms with Gasteiger partial charge in [-0.1, -0.05) is 18.6 Å². The molecule has 0 saturated carbocycles. The van der Waals surface area contributed by atoms with Crippen molar-refractivity contribution in [1.29, 1.82) is 0 Å². The lowest BCUT2D eigenvalue weighted by Crippen LogP contribution is -2.58. The lowest BCUT2D eigenvalue weighted by molar-refractivity contribution is -0.00458. The van der Waals surface area contributed by atoms with Crippen LogP contribution in [0.15, 0.2) is 24.3 Å². The molecule has 0 amide bonds. The number of piperidine rings is 1. The number of nitrogen functional groups attached to an aromatic ring is 1. The average Bonchev–Trinajstić information content (AvgIpc) is 2.46. The van der Waals surface area contributed by atoms with Gasteiger partial charge in [-0.05, 0) is 50.9 Å². The molecule has 2 aliphatic heterocycles. The highest BCUT2D eigenvalue weighted by atomic mass is 15.3. The number of rotatable bonds is 2. The van der Waals surface area contributed by atoms with Crippen LogP contribution in [0.2, 0.25) is 0 Å². The summed E-state index contributed by atoms with van der Waals surface area (Å²) in [6, 6.07) is 10.2. The van der Waals surface area contributed by atoms with Crippen LogP contribution < -0.4 is 5.73 Å². The van der Waals surface area contributed by atoms with Crippen LogP contribution in [0.5, 0.6) is 0 Å². The number of hydrogen-bond donors (Lipinski definition) is 1. The molecule has 2 saturated heterocycles. The Morgan fingerprint density at radius 2 is 2.10 bits per heavy atom. The van der Waals surface area contributed by atoms with Crippen molar-refractivity contribution in [1.82, 2.24) is 9.80 Å². The zero-order valence-corrected chi connectivity index (χ0v) is 12.8. The van der Waals surface area contributed by atoms with E-state index in [0.717, 1.165) is 11.7 Å². The molecule has 3 atom stereocenters. The number of hydrogen-bond acceptors (Lipinski definition) is 3. The molecular weight excluding hydrogens is 246 g/mol. The van der Waals surface area contributed by atoms with E-state index >= 15 is 0 Å². The summed E-state index contributed by atoms with van der Waals surface area (Å²) in [6.07, 6.45) is 4.15. The minimum absolute atomic E-state index is 0.456. The zero-order chi connectivity index (χ0) is 14.1. The third kappa shape index (κ3) is 2.70. The second kappa shape index (κ2) is 5.74. The maximum atomic E-state index is 5.94. The fraction of sp³-hybridized carbons (Fsp3) is 0.647. The van der Waals surface area contributed by atoms with Crippen LogP contribution in [0.1, 0.15) is 44.7 Å². The molecule has 0 aromatic heterocycles. The van der Waals surface area contributed by atoms with E-state index in [1.54, 1.807) is 0 Å². The fourth-order valence-corrected chi connectivity index (χ4v) is 3.92. The molecule has 3 unspecified atom stereocenters. The van der Waals surface area contributed by atoms with E-state index in [0.29, 0.717) is 12.1 Å². The summed E-state index contributed by atoms with van der Waals surface area (Å²) < 4.78 is 0. The van der Waals surface area contributed by atoms with Gasteiger partial charge in [0.25, 0.3) is 0 Å². The Bertz CT molecular complexity index is 459. The van der Waals surface area contributed by atoms with Crippen LogP contribution in [0, 0.1) is 0 Å². The third-order valence-corrected chi connectivity index (χ3v) is 5.13. The van der Waals surface area contributed by atoms with Crippen molar-refractivity contribution in [3.05, 3.63) is 29.8 Å². The quantitative estimate of drug-likeness (QED) is 0.841. The van der Waals surface area contributed by atoms with Crippen molar-refractivity contribution >= 4 is 5.69 Å². The zero-order valence-electron chi connectivity index (χ0n) is 12.8. The van der Waals surface area contributed by atoms with Gasteiger partial charge < -0.3 is 5.73 Å². The third-order valence-electron chi connectivity index (χ3n) is 5.13. The highest BCUT2D eigenvalue weighted by Gasteiger charge is 2.35. The predicted molar refractivity (Wildman–Crippen MR) is 84.6 cm³/mol. The van der Waals surface area contributed by atoms with Gasteiger partial charge in [0.15, 0.2) is 0 Å². The van der Waals surface area contributed by atoms with Crippen molar-refractivity contribution in [2.24, 2.45) is 0 Å². The first-order chi connectivity index (χ1) is 9.65. The molecule has 2 aliphatic rings. The normalized spacial score (nSPS) is 29.9. The topological polar surface area (TPSA) is 32.5 Å². The summed E-state index contributed by atoms with van der Waals surface area (Å²) in [5, 5.41) is 0. The molecule has 1 aromatic rings. The molecule has 110 valence electrons. The molecule has 0 aliphatic carbocycles. The van der Waals surface area contributed by atoms with Crippen molar-refractivity contribution < 1.29 is 0 Å². The van der Waals surface area contributed by atoms with Crippen molar-refractivity contribution in [2.45, 2.75) is 51.2 Å². The van der Waals surface area contributed by atoms with E-state index in [4.69, 9.17) is 5.73 Å². The standard InChI is InChI=1S/C17H27N3/c1-13-11-19-9-4-3-8-17(19)12-20(13)14(2)15-6-5-7-16(18)10-15/h5-7,10,13-14,17H,3-4,8-9,11-12,18H2,1-2H3. The van der Waals surface area contributed by atoms with Gasteiger partial charge in [-0.3, -0.25) is 9.80 Å². The summed E-state index contributed by atoms with van der Waals surface area (Å²) in [4.78, 5) is 5.37. The van der Waals surface area contributed by atoms with E-state index in [9.17, 15) is 0 Å². The lowest BCUT2D eigenvalue weighted by atomic mass is 9.94. The Hall–Kier alpha value is -1.06. The van der Waals surface area contributed by atoms with Gasteiger partial charge in [0, 0.05) is 36.9 Å². The number of nitrogens with zero attached hydrogens (tertiary/aromatic N) is 2. The van der Waals surface area contributed by atoms with Crippen LogP contribution in [0.3, 0.4) is 0 Å². The fourth-order valence-electron chi connectivity index (χ4n) is 3.92. The molecule has 3 nitrogen and oxygen atoms in total. The van der Waals surface area contributed by atoms with Gasteiger partial charge in [-0.15, -0.1) is 0 Å². The first-order valence-corrected chi connectivity index (χ1v) is 8.00. The van der Waals surface area contributed by atoms with E-state index in [2.05, 4.69) is 41.8 Å². The SMILES string of the molecule is CC1CN2CCCCC2CN1C(C)c1cccc(N)c1. The predicted octanol–water partition coefficient (Wildman–Crippen LogP) is 2.89. The van der Waals surface area contributed by atoms with E-state index < -0.39 is 0 Å². The number of fused-ring (bicyclic) bond motifs is 1. The van der Waals surface area contributed by atoms with Crippen molar-refractivity contribution in [2.75, 3.05) is 25.4 Å². The second-order valence-corrected chi connectivity index (χ2v) is 6.54. The summed E-state index contributed by atoms with van der Waals surface area (Å²) >= 11 is 0. The molecule has 2 N–H and O–H groups in total. The van der Waals surface area contributed by atoms with Crippen molar-refractivity contribution in [3.63, 3.8) is 0 Å². The van der Waals surface area contributed by atoms with Crippen LogP contribution >= 0.6 is 0 Å². The Morgan fingerprint density at radius 1 is 1.25 bits per heavy atom. The molecule has 2 fully saturated rings. The van der Waals surface area contributed by atoms with Gasteiger partial charge in [-0.25, -0.2) is 0 Å². The number of nitrogens with two attached hydrogens (primary N) is 1. The molecule has 0 bridgehead atoms. The van der Waals surface area contributed by atoms with E-state index in [-0.39, 0.29) is 0 Å². The molecule has 3 rings (SSSR count). The highest BCUT2D eigenvalue weighted by Crippen LogP contribution is 2.31. The van der Waals surface area contributed by atoms with Gasteiger partial charge in [0.05, 0.1) is 0 Å². The van der Waals surface area contributed by atoms with Gasteiger partial charge in [0.1, 0.15) is 0 Å². The Labute approximate surface area is 122 Å². The van der Waals surface area contributed by atoms with Crippen LogP contribution in [0.4, 0.5) is 5.69 Å². The van der Waals surface area contributed by atoms with E-state index in [1.165, 1.54) is 44.5 Å². The Morgan fingerprint density at radius 3 is 2.90 bits per heavy atom. The molecule has 0 radical (unpaired) electrons. The maximum absolute atomic E-state index is 5.94. The summed E-state index contributed by atoms with van der Waals surface area (Å²) in [5.74, 6) is 0. The van der Waals surface area contributed by atoms with E-state index in [1.807, 2.05) is 6.07 Å². The lowest BCUT2D eigenvalue weighted by Gasteiger charge is -2.49.